The van der Waals surface area contributed by atoms with E-state index in [1.165, 1.54) is 0 Å². The number of nitrogens with zero attached hydrogens (tertiary/aromatic N) is 2. The van der Waals surface area contributed by atoms with Crippen LogP contribution in [0.15, 0.2) is 9.95 Å². The summed E-state index contributed by atoms with van der Waals surface area (Å²) in [6, 6.07) is 0.723. The highest BCUT2D eigenvalue weighted by Crippen LogP contribution is 2.39. The van der Waals surface area contributed by atoms with Crippen LogP contribution in [0.1, 0.15) is 38.1 Å². The molecule has 2 aliphatic rings. The molecule has 1 heterocycles. The van der Waals surface area contributed by atoms with E-state index in [-0.39, 0.29) is 5.69 Å². The van der Waals surface area contributed by atoms with Gasteiger partial charge in [0.05, 0.1) is 0 Å². The summed E-state index contributed by atoms with van der Waals surface area (Å²) in [6.45, 7) is 0. The number of H-pyrrole nitrogens is 1. The van der Waals surface area contributed by atoms with Gasteiger partial charge in [0.25, 0.3) is 0 Å². The van der Waals surface area contributed by atoms with Gasteiger partial charge in [-0.05, 0) is 32.1 Å². The van der Waals surface area contributed by atoms with Crippen LogP contribution in [0.5, 0.6) is 0 Å². The van der Waals surface area contributed by atoms with Crippen molar-refractivity contribution < 1.29 is 0 Å². The molecule has 5 nitrogen and oxygen atoms in total. The van der Waals surface area contributed by atoms with Gasteiger partial charge in [-0.25, -0.2) is 9.89 Å². The highest BCUT2D eigenvalue weighted by atomic mass is 32.2. The number of aromatic nitrogens is 3. The summed E-state index contributed by atoms with van der Waals surface area (Å²) < 4.78 is 1.81. The summed E-state index contributed by atoms with van der Waals surface area (Å²) in [6.07, 6.45) is 5.48. The summed E-state index contributed by atoms with van der Waals surface area (Å²) >= 11 is 1.71. The van der Waals surface area contributed by atoms with E-state index in [1.54, 1.807) is 11.8 Å². The Bertz CT molecular complexity index is 436. The van der Waals surface area contributed by atoms with Crippen molar-refractivity contribution in [1.82, 2.24) is 14.8 Å². The fraction of sp³-hybridized carbons (Fsp3) is 0.800. The normalized spacial score (nSPS) is 29.8. The first-order valence-corrected chi connectivity index (χ1v) is 6.71. The van der Waals surface area contributed by atoms with Crippen molar-refractivity contribution in [3.05, 3.63) is 10.5 Å². The number of hydrogen-bond donors (Lipinski definition) is 2. The largest absolute Gasteiger partial charge is 0.344 e. The van der Waals surface area contributed by atoms with Crippen LogP contribution in [0.2, 0.25) is 0 Å². The molecule has 0 amide bonds. The highest BCUT2D eigenvalue weighted by Gasteiger charge is 2.31. The zero-order valence-electron chi connectivity index (χ0n) is 9.06. The van der Waals surface area contributed by atoms with Crippen molar-refractivity contribution in [2.75, 3.05) is 0 Å². The zero-order valence-corrected chi connectivity index (χ0v) is 9.87. The summed E-state index contributed by atoms with van der Waals surface area (Å²) in [4.78, 5) is 11.6. The van der Waals surface area contributed by atoms with E-state index >= 15 is 0 Å². The lowest BCUT2D eigenvalue weighted by Crippen LogP contribution is -2.17. The van der Waals surface area contributed by atoms with Gasteiger partial charge in [0.1, 0.15) is 0 Å². The first kappa shape index (κ1) is 10.4. The van der Waals surface area contributed by atoms with Gasteiger partial charge in [-0.1, -0.05) is 11.8 Å². The van der Waals surface area contributed by atoms with Crippen LogP contribution in [0.4, 0.5) is 0 Å². The van der Waals surface area contributed by atoms with Gasteiger partial charge >= 0.3 is 5.69 Å². The Labute approximate surface area is 97.8 Å². The number of hydrogen-bond acceptors (Lipinski definition) is 4. The molecule has 0 spiro atoms. The van der Waals surface area contributed by atoms with Crippen LogP contribution in [0.25, 0.3) is 0 Å². The van der Waals surface area contributed by atoms with Crippen molar-refractivity contribution in [3.8, 4) is 0 Å². The maximum Gasteiger partial charge on any atom is 0.344 e. The van der Waals surface area contributed by atoms with E-state index in [0.717, 1.165) is 37.3 Å². The molecule has 0 bridgehead atoms. The Morgan fingerprint density at radius 1 is 1.38 bits per heavy atom. The van der Waals surface area contributed by atoms with Crippen molar-refractivity contribution in [2.24, 2.45) is 5.73 Å². The maximum absolute atomic E-state index is 11.6. The molecular weight excluding hydrogens is 224 g/mol. The van der Waals surface area contributed by atoms with E-state index < -0.39 is 0 Å². The van der Waals surface area contributed by atoms with E-state index in [9.17, 15) is 4.79 Å². The van der Waals surface area contributed by atoms with Crippen LogP contribution in [0, 0.1) is 0 Å². The lowest BCUT2D eigenvalue weighted by atomic mass is 10.3. The molecule has 1 aromatic heterocycles. The highest BCUT2D eigenvalue weighted by molar-refractivity contribution is 7.99. The molecule has 2 aliphatic carbocycles. The third-order valence-corrected chi connectivity index (χ3v) is 4.54. The molecule has 3 rings (SSSR count). The molecule has 0 aromatic carbocycles. The predicted molar refractivity (Wildman–Crippen MR) is 62.6 cm³/mol. The van der Waals surface area contributed by atoms with Gasteiger partial charge in [0.15, 0.2) is 5.16 Å². The second-order valence-corrected chi connectivity index (χ2v) is 5.99. The average molecular weight is 240 g/mol. The molecule has 0 aliphatic heterocycles. The van der Waals surface area contributed by atoms with E-state index in [1.807, 2.05) is 4.57 Å². The Hall–Kier alpha value is -0.750. The third-order valence-electron chi connectivity index (χ3n) is 3.28. The quantitative estimate of drug-likeness (QED) is 0.822. The van der Waals surface area contributed by atoms with Gasteiger partial charge in [0, 0.05) is 17.3 Å². The van der Waals surface area contributed by atoms with Gasteiger partial charge in [-0.2, -0.15) is 0 Å². The van der Waals surface area contributed by atoms with Crippen LogP contribution in [-0.4, -0.2) is 26.1 Å². The van der Waals surface area contributed by atoms with Crippen LogP contribution in [-0.2, 0) is 0 Å². The fourth-order valence-electron chi connectivity index (χ4n) is 2.26. The minimum Gasteiger partial charge on any atom is -0.328 e. The number of thioether (sulfide) groups is 1. The van der Waals surface area contributed by atoms with Gasteiger partial charge in [0.2, 0.25) is 0 Å². The van der Waals surface area contributed by atoms with Crippen molar-refractivity contribution in [2.45, 2.75) is 54.6 Å². The molecule has 2 saturated carbocycles. The average Bonchev–Trinajstić information content (AvgIpc) is 2.91. The minimum absolute atomic E-state index is 0.0627. The lowest BCUT2D eigenvalue weighted by Gasteiger charge is -2.08. The Morgan fingerprint density at radius 3 is 2.81 bits per heavy atom. The van der Waals surface area contributed by atoms with Crippen LogP contribution < -0.4 is 11.4 Å². The molecule has 0 radical (unpaired) electrons. The standard InChI is InChI=1S/C10H16N4OS/c11-6-1-4-8(5-6)16-10-13-12-9(15)14(10)7-2-3-7/h6-8H,1-5,11H2,(H,12,15). The Morgan fingerprint density at radius 2 is 2.19 bits per heavy atom. The molecule has 6 heteroatoms. The summed E-state index contributed by atoms with van der Waals surface area (Å²) in [5.41, 5.74) is 5.82. The van der Waals surface area contributed by atoms with Gasteiger partial charge in [-0.15, -0.1) is 5.10 Å². The number of aromatic amines is 1. The van der Waals surface area contributed by atoms with Crippen LogP contribution >= 0.6 is 11.8 Å². The molecule has 1 aromatic rings. The van der Waals surface area contributed by atoms with Crippen molar-refractivity contribution >= 4 is 11.8 Å². The van der Waals surface area contributed by atoms with Crippen LogP contribution in [0.3, 0.4) is 0 Å². The SMILES string of the molecule is NC1CCC(Sc2n[nH]c(=O)n2C2CC2)C1. The Balaban J connectivity index is 1.76. The van der Waals surface area contributed by atoms with E-state index in [2.05, 4.69) is 10.2 Å². The van der Waals surface area contributed by atoms with Crippen molar-refractivity contribution in [3.63, 3.8) is 0 Å². The second kappa shape index (κ2) is 3.92. The number of nitrogens with one attached hydrogen (secondary N) is 1. The Kier molecular flexibility index (Phi) is 2.55. The monoisotopic (exact) mass is 240 g/mol. The first-order valence-electron chi connectivity index (χ1n) is 5.83. The molecule has 88 valence electrons. The molecule has 2 fully saturated rings. The predicted octanol–water partition coefficient (Wildman–Crippen LogP) is 0.878. The number of nitrogens with two attached hydrogens (primary N) is 1. The maximum atomic E-state index is 11.6. The zero-order chi connectivity index (χ0) is 11.1. The topological polar surface area (TPSA) is 76.7 Å². The van der Waals surface area contributed by atoms with E-state index in [4.69, 9.17) is 5.73 Å². The summed E-state index contributed by atoms with van der Waals surface area (Å²) in [7, 11) is 0. The van der Waals surface area contributed by atoms with Gasteiger partial charge < -0.3 is 5.73 Å². The smallest absolute Gasteiger partial charge is 0.328 e. The lowest BCUT2D eigenvalue weighted by molar-refractivity contribution is 0.640. The summed E-state index contributed by atoms with van der Waals surface area (Å²) in [5.74, 6) is 0. The van der Waals surface area contributed by atoms with Gasteiger partial charge in [-0.3, -0.25) is 4.57 Å². The number of rotatable bonds is 3. The fourth-order valence-corrected chi connectivity index (χ4v) is 3.60. The summed E-state index contributed by atoms with van der Waals surface area (Å²) in [5, 5.41) is 8.05. The van der Waals surface area contributed by atoms with E-state index in [0.29, 0.717) is 17.3 Å². The molecule has 0 saturated heterocycles. The molecule has 16 heavy (non-hydrogen) atoms. The molecule has 3 N–H and O–H groups in total. The second-order valence-electron chi connectivity index (χ2n) is 4.73. The molecule has 2 atom stereocenters. The molecule has 2 unspecified atom stereocenters. The van der Waals surface area contributed by atoms with Crippen molar-refractivity contribution in [1.29, 1.82) is 0 Å². The molecular formula is C10H16N4OS. The first-order chi connectivity index (χ1) is 7.74. The minimum atomic E-state index is -0.0627. The third kappa shape index (κ3) is 1.91.